The molecule has 1 aliphatic carbocycles. The van der Waals surface area contributed by atoms with Crippen molar-refractivity contribution < 1.29 is 0 Å². The molecule has 0 aliphatic heterocycles. The van der Waals surface area contributed by atoms with Gasteiger partial charge in [0.15, 0.2) is 0 Å². The standard InChI is InChI=1S/C14H27NSi/c1-9(2)15-16(7,8)14-12(5)10(3)11(4)13(14)6/h9,12,15H,1-8H3. The van der Waals surface area contributed by atoms with Crippen molar-refractivity contribution in [2.75, 3.05) is 0 Å². The molecule has 1 atom stereocenters. The molecule has 0 amide bonds. The molecule has 16 heavy (non-hydrogen) atoms. The lowest BCUT2D eigenvalue weighted by Gasteiger charge is -2.32. The Balaban J connectivity index is 3.08. The van der Waals surface area contributed by atoms with E-state index in [0.29, 0.717) is 12.0 Å². The summed E-state index contributed by atoms with van der Waals surface area (Å²) in [4.78, 5) is 3.82. The third kappa shape index (κ3) is 2.33. The molecule has 1 aliphatic rings. The van der Waals surface area contributed by atoms with Crippen LogP contribution in [0, 0.1) is 5.92 Å². The minimum absolute atomic E-state index is 0.579. The number of allylic oxidation sites excluding steroid dienone is 4. The second kappa shape index (κ2) is 4.50. The van der Waals surface area contributed by atoms with Gasteiger partial charge in [0.25, 0.3) is 0 Å². The SMILES string of the molecule is CC1=C(C)C(C)C([Si](C)(C)NC(C)C)=C1C. The van der Waals surface area contributed by atoms with Gasteiger partial charge in [-0.15, -0.1) is 0 Å². The maximum absolute atomic E-state index is 3.82. The first-order chi connectivity index (χ1) is 7.18. The van der Waals surface area contributed by atoms with Gasteiger partial charge in [-0.1, -0.05) is 50.2 Å². The topological polar surface area (TPSA) is 12.0 Å². The molecule has 0 bridgehead atoms. The Labute approximate surface area is 102 Å². The van der Waals surface area contributed by atoms with Crippen molar-refractivity contribution in [3.63, 3.8) is 0 Å². The van der Waals surface area contributed by atoms with E-state index >= 15 is 0 Å². The van der Waals surface area contributed by atoms with E-state index in [1.54, 1.807) is 16.3 Å². The summed E-state index contributed by atoms with van der Waals surface area (Å²) in [5, 5.41) is 1.70. The summed E-state index contributed by atoms with van der Waals surface area (Å²) in [5.74, 6) is 0.646. The lowest BCUT2D eigenvalue weighted by molar-refractivity contribution is 0.724. The van der Waals surface area contributed by atoms with Crippen molar-refractivity contribution in [3.05, 3.63) is 21.9 Å². The predicted molar refractivity (Wildman–Crippen MR) is 76.0 cm³/mol. The number of hydrogen-bond donors (Lipinski definition) is 1. The van der Waals surface area contributed by atoms with Crippen LogP contribution in [0.2, 0.25) is 13.1 Å². The van der Waals surface area contributed by atoms with Gasteiger partial charge in [0.05, 0.1) is 0 Å². The van der Waals surface area contributed by atoms with Crippen molar-refractivity contribution in [2.45, 2.75) is 60.7 Å². The zero-order valence-corrected chi connectivity index (χ0v) is 13.2. The Morgan fingerprint density at radius 2 is 1.56 bits per heavy atom. The van der Waals surface area contributed by atoms with Crippen LogP contribution in [0.15, 0.2) is 21.9 Å². The van der Waals surface area contributed by atoms with E-state index in [1.807, 2.05) is 0 Å². The highest BCUT2D eigenvalue weighted by Gasteiger charge is 2.36. The number of rotatable bonds is 3. The van der Waals surface area contributed by atoms with Gasteiger partial charge in [0.2, 0.25) is 0 Å². The van der Waals surface area contributed by atoms with Crippen LogP contribution in [0.25, 0.3) is 0 Å². The summed E-state index contributed by atoms with van der Waals surface area (Å²) in [6, 6.07) is 0.579. The van der Waals surface area contributed by atoms with Gasteiger partial charge in [-0.2, -0.15) is 0 Å². The van der Waals surface area contributed by atoms with E-state index in [9.17, 15) is 0 Å². The lowest BCUT2D eigenvalue weighted by atomic mass is 10.1. The fourth-order valence-electron chi connectivity index (χ4n) is 3.17. The lowest BCUT2D eigenvalue weighted by Crippen LogP contribution is -2.51. The third-order valence-electron chi connectivity index (χ3n) is 3.96. The van der Waals surface area contributed by atoms with Crippen molar-refractivity contribution in [3.8, 4) is 0 Å². The van der Waals surface area contributed by atoms with Gasteiger partial charge in [0.1, 0.15) is 8.24 Å². The first-order valence-corrected chi connectivity index (χ1v) is 9.35. The summed E-state index contributed by atoms with van der Waals surface area (Å²) in [7, 11) is -1.46. The van der Waals surface area contributed by atoms with Crippen LogP contribution in [0.3, 0.4) is 0 Å². The van der Waals surface area contributed by atoms with Crippen molar-refractivity contribution in [1.29, 1.82) is 0 Å². The second-order valence-corrected chi connectivity index (χ2v) is 10.1. The molecule has 0 heterocycles. The third-order valence-corrected chi connectivity index (χ3v) is 7.42. The molecule has 0 saturated heterocycles. The van der Waals surface area contributed by atoms with E-state index in [0.717, 1.165) is 0 Å². The molecule has 0 aromatic carbocycles. The van der Waals surface area contributed by atoms with Crippen molar-refractivity contribution in [2.24, 2.45) is 5.92 Å². The molecular weight excluding hydrogens is 210 g/mol. The summed E-state index contributed by atoms with van der Waals surface area (Å²) in [6.45, 7) is 18.6. The summed E-state index contributed by atoms with van der Waals surface area (Å²) in [6.07, 6.45) is 0. The van der Waals surface area contributed by atoms with Crippen LogP contribution in [-0.4, -0.2) is 14.3 Å². The normalized spacial score (nSPS) is 22.7. The minimum atomic E-state index is -1.46. The molecule has 92 valence electrons. The van der Waals surface area contributed by atoms with E-state index in [1.165, 1.54) is 5.57 Å². The van der Waals surface area contributed by atoms with Gasteiger partial charge < -0.3 is 4.98 Å². The van der Waals surface area contributed by atoms with Crippen LogP contribution in [0.4, 0.5) is 0 Å². The summed E-state index contributed by atoms with van der Waals surface area (Å²) in [5.41, 5.74) is 4.64. The van der Waals surface area contributed by atoms with Crippen LogP contribution >= 0.6 is 0 Å². The maximum atomic E-state index is 3.82. The van der Waals surface area contributed by atoms with Crippen LogP contribution in [0.1, 0.15) is 41.5 Å². The Hall–Kier alpha value is -0.343. The molecule has 0 spiro atoms. The largest absolute Gasteiger partial charge is 0.332 e. The zero-order valence-electron chi connectivity index (χ0n) is 12.2. The van der Waals surface area contributed by atoms with Crippen molar-refractivity contribution >= 4 is 8.24 Å². The Kier molecular flexibility index (Phi) is 3.86. The highest BCUT2D eigenvalue weighted by molar-refractivity contribution is 6.82. The van der Waals surface area contributed by atoms with Gasteiger partial charge in [-0.3, -0.25) is 0 Å². The van der Waals surface area contributed by atoms with Crippen LogP contribution in [0.5, 0.6) is 0 Å². The first-order valence-electron chi connectivity index (χ1n) is 6.35. The van der Waals surface area contributed by atoms with Gasteiger partial charge >= 0.3 is 0 Å². The Bertz CT molecular complexity index is 348. The number of hydrogen-bond acceptors (Lipinski definition) is 1. The van der Waals surface area contributed by atoms with Crippen molar-refractivity contribution in [1.82, 2.24) is 4.98 Å². The van der Waals surface area contributed by atoms with Gasteiger partial charge in [0, 0.05) is 0 Å². The van der Waals surface area contributed by atoms with Gasteiger partial charge in [-0.25, -0.2) is 0 Å². The quantitative estimate of drug-likeness (QED) is 0.731. The summed E-state index contributed by atoms with van der Waals surface area (Å²) < 4.78 is 0. The number of nitrogens with one attached hydrogen (secondary N) is 1. The fourth-order valence-corrected chi connectivity index (χ4v) is 7.20. The Morgan fingerprint density at radius 3 is 1.88 bits per heavy atom. The smallest absolute Gasteiger partial charge is 0.148 e. The first kappa shape index (κ1) is 13.7. The molecule has 1 nitrogen and oxygen atoms in total. The maximum Gasteiger partial charge on any atom is 0.148 e. The molecule has 0 aromatic rings. The average Bonchev–Trinajstić information content (AvgIpc) is 2.29. The molecule has 0 radical (unpaired) electrons. The van der Waals surface area contributed by atoms with E-state index in [2.05, 4.69) is 59.6 Å². The molecule has 1 unspecified atom stereocenters. The van der Waals surface area contributed by atoms with E-state index in [-0.39, 0.29) is 0 Å². The monoisotopic (exact) mass is 237 g/mol. The molecule has 1 N–H and O–H groups in total. The zero-order chi connectivity index (χ0) is 12.7. The van der Waals surface area contributed by atoms with E-state index < -0.39 is 8.24 Å². The van der Waals surface area contributed by atoms with Crippen LogP contribution < -0.4 is 4.98 Å². The highest BCUT2D eigenvalue weighted by atomic mass is 28.3. The molecular formula is C14H27NSi. The molecule has 0 aromatic heterocycles. The molecule has 0 fully saturated rings. The Morgan fingerprint density at radius 1 is 1.06 bits per heavy atom. The highest BCUT2D eigenvalue weighted by Crippen LogP contribution is 2.40. The molecule has 2 heteroatoms. The fraction of sp³-hybridized carbons (Fsp3) is 0.714. The molecule has 0 saturated carbocycles. The van der Waals surface area contributed by atoms with E-state index in [4.69, 9.17) is 0 Å². The predicted octanol–water partition coefficient (Wildman–Crippen LogP) is 4.03. The minimum Gasteiger partial charge on any atom is -0.332 e. The van der Waals surface area contributed by atoms with Crippen LogP contribution in [-0.2, 0) is 0 Å². The molecule has 1 rings (SSSR count). The second-order valence-electron chi connectivity index (χ2n) is 5.99. The summed E-state index contributed by atoms with van der Waals surface area (Å²) >= 11 is 0. The average molecular weight is 237 g/mol. The van der Waals surface area contributed by atoms with Gasteiger partial charge in [-0.05, 0) is 38.3 Å².